The van der Waals surface area contributed by atoms with Gasteiger partial charge in [0.25, 0.3) is 5.91 Å². The first-order valence-electron chi connectivity index (χ1n) is 9.68. The number of amides is 2. The molecular weight excluding hydrogens is 388 g/mol. The van der Waals surface area contributed by atoms with Crippen LogP contribution >= 0.6 is 11.3 Å². The first kappa shape index (κ1) is 17.9. The van der Waals surface area contributed by atoms with E-state index in [1.165, 1.54) is 11.3 Å². The van der Waals surface area contributed by atoms with Crippen LogP contribution in [0.3, 0.4) is 0 Å². The molecule has 1 saturated heterocycles. The molecule has 5 rings (SSSR count). The van der Waals surface area contributed by atoms with Gasteiger partial charge in [0.2, 0.25) is 5.91 Å². The highest BCUT2D eigenvalue weighted by atomic mass is 32.1. The Morgan fingerprint density at radius 1 is 1.34 bits per heavy atom. The third-order valence-electron chi connectivity index (χ3n) is 5.27. The molecule has 2 amide bonds. The SMILES string of the molecule is CCOc1ccc2nc(NC(=O)c3ccc4c(c3)NC(=O)[C@@H]3CCCN43)sc2c1. The van der Waals surface area contributed by atoms with Gasteiger partial charge in [0, 0.05) is 12.1 Å². The van der Waals surface area contributed by atoms with Gasteiger partial charge in [-0.2, -0.15) is 0 Å². The van der Waals surface area contributed by atoms with E-state index >= 15 is 0 Å². The van der Waals surface area contributed by atoms with Gasteiger partial charge in [0.05, 0.1) is 28.2 Å². The number of thiazole rings is 1. The van der Waals surface area contributed by atoms with Crippen LogP contribution in [-0.4, -0.2) is 36.0 Å². The fraction of sp³-hybridized carbons (Fsp3) is 0.286. The van der Waals surface area contributed by atoms with Gasteiger partial charge >= 0.3 is 0 Å². The number of nitrogens with one attached hydrogen (secondary N) is 2. The highest BCUT2D eigenvalue weighted by Crippen LogP contribution is 2.37. The summed E-state index contributed by atoms with van der Waals surface area (Å²) in [6, 6.07) is 11.0. The molecule has 1 fully saturated rings. The number of anilines is 3. The van der Waals surface area contributed by atoms with Crippen LogP contribution < -0.4 is 20.3 Å². The quantitative estimate of drug-likeness (QED) is 0.685. The third kappa shape index (κ3) is 3.19. The van der Waals surface area contributed by atoms with Gasteiger partial charge in [-0.1, -0.05) is 11.3 Å². The molecule has 0 unspecified atom stereocenters. The first-order valence-corrected chi connectivity index (χ1v) is 10.5. The van der Waals surface area contributed by atoms with Gasteiger partial charge in [-0.3, -0.25) is 14.9 Å². The topological polar surface area (TPSA) is 83.6 Å². The molecule has 3 heterocycles. The third-order valence-corrected chi connectivity index (χ3v) is 6.21. The summed E-state index contributed by atoms with van der Waals surface area (Å²) in [5, 5.41) is 6.34. The molecule has 1 aromatic heterocycles. The van der Waals surface area contributed by atoms with E-state index < -0.39 is 0 Å². The number of aromatic nitrogens is 1. The van der Waals surface area contributed by atoms with Crippen molar-refractivity contribution in [3.63, 3.8) is 0 Å². The van der Waals surface area contributed by atoms with Crippen molar-refractivity contribution >= 4 is 49.9 Å². The molecule has 29 heavy (non-hydrogen) atoms. The molecule has 2 aromatic carbocycles. The number of carbonyl (C=O) groups is 2. The van der Waals surface area contributed by atoms with E-state index in [9.17, 15) is 9.59 Å². The predicted molar refractivity (Wildman–Crippen MR) is 114 cm³/mol. The van der Waals surface area contributed by atoms with E-state index in [1.807, 2.05) is 31.2 Å². The van der Waals surface area contributed by atoms with E-state index in [2.05, 4.69) is 20.5 Å². The van der Waals surface area contributed by atoms with Crippen LogP contribution in [0.25, 0.3) is 10.2 Å². The Hall–Kier alpha value is -3.13. The Morgan fingerprint density at radius 2 is 2.24 bits per heavy atom. The maximum atomic E-state index is 12.8. The number of hydrogen-bond acceptors (Lipinski definition) is 6. The molecule has 2 aliphatic heterocycles. The number of benzene rings is 2. The molecule has 148 valence electrons. The van der Waals surface area contributed by atoms with E-state index in [0.29, 0.717) is 23.0 Å². The molecule has 3 aromatic rings. The second-order valence-corrected chi connectivity index (χ2v) is 8.14. The molecular formula is C21H20N4O3S. The Kier molecular flexibility index (Phi) is 4.35. The number of fused-ring (bicyclic) bond motifs is 4. The van der Waals surface area contributed by atoms with Crippen molar-refractivity contribution < 1.29 is 14.3 Å². The van der Waals surface area contributed by atoms with Gasteiger partial charge in [-0.25, -0.2) is 4.98 Å². The summed E-state index contributed by atoms with van der Waals surface area (Å²) in [4.78, 5) is 31.7. The predicted octanol–water partition coefficient (Wildman–Crippen LogP) is 3.87. The number of hydrogen-bond donors (Lipinski definition) is 2. The minimum atomic E-state index is -0.255. The highest BCUT2D eigenvalue weighted by Gasteiger charge is 2.36. The van der Waals surface area contributed by atoms with Gasteiger partial charge in [-0.15, -0.1) is 0 Å². The van der Waals surface area contributed by atoms with Gasteiger partial charge in [-0.05, 0) is 56.2 Å². The van der Waals surface area contributed by atoms with Gasteiger partial charge < -0.3 is 15.0 Å². The number of ether oxygens (including phenoxy) is 1. The first-order chi connectivity index (χ1) is 14.1. The molecule has 7 nitrogen and oxygen atoms in total. The minimum absolute atomic E-state index is 0.00355. The molecule has 0 aliphatic carbocycles. The monoisotopic (exact) mass is 408 g/mol. The molecule has 0 radical (unpaired) electrons. The van der Waals surface area contributed by atoms with E-state index in [4.69, 9.17) is 4.74 Å². The van der Waals surface area contributed by atoms with Crippen LogP contribution in [0.2, 0.25) is 0 Å². The average Bonchev–Trinajstić information content (AvgIpc) is 3.34. The Labute approximate surface area is 171 Å². The molecule has 2 aliphatic rings. The zero-order valence-corrected chi connectivity index (χ0v) is 16.7. The normalized spacial score (nSPS) is 17.6. The Balaban J connectivity index is 1.38. The molecule has 8 heteroatoms. The van der Waals surface area contributed by atoms with Crippen molar-refractivity contribution in [2.45, 2.75) is 25.8 Å². The molecule has 0 saturated carbocycles. The van der Waals surface area contributed by atoms with E-state index in [0.717, 1.165) is 41.0 Å². The molecule has 0 bridgehead atoms. The maximum Gasteiger partial charge on any atom is 0.257 e. The summed E-state index contributed by atoms with van der Waals surface area (Å²) in [5.41, 5.74) is 2.96. The lowest BCUT2D eigenvalue weighted by Gasteiger charge is -2.33. The second-order valence-electron chi connectivity index (χ2n) is 7.11. The lowest BCUT2D eigenvalue weighted by molar-refractivity contribution is -0.117. The van der Waals surface area contributed by atoms with Crippen LogP contribution in [0.1, 0.15) is 30.1 Å². The van der Waals surface area contributed by atoms with Crippen LogP contribution in [0.4, 0.5) is 16.5 Å². The van der Waals surface area contributed by atoms with Crippen molar-refractivity contribution in [2.24, 2.45) is 0 Å². The maximum absolute atomic E-state index is 12.8. The van der Waals surface area contributed by atoms with E-state index in [-0.39, 0.29) is 17.9 Å². The van der Waals surface area contributed by atoms with E-state index in [1.54, 1.807) is 12.1 Å². The fourth-order valence-corrected chi connectivity index (χ4v) is 4.85. The van der Waals surface area contributed by atoms with Crippen molar-refractivity contribution in [1.29, 1.82) is 0 Å². The van der Waals surface area contributed by atoms with Crippen molar-refractivity contribution in [3.8, 4) is 5.75 Å². The highest BCUT2D eigenvalue weighted by molar-refractivity contribution is 7.22. The summed E-state index contributed by atoms with van der Waals surface area (Å²) in [5.74, 6) is 0.533. The zero-order chi connectivity index (χ0) is 20.0. The second kappa shape index (κ2) is 7.04. The van der Waals surface area contributed by atoms with Crippen LogP contribution in [0, 0.1) is 0 Å². The molecule has 0 spiro atoms. The summed E-state index contributed by atoms with van der Waals surface area (Å²) < 4.78 is 6.47. The van der Waals surface area contributed by atoms with Crippen molar-refractivity contribution in [2.75, 3.05) is 28.7 Å². The van der Waals surface area contributed by atoms with Crippen molar-refractivity contribution in [1.82, 2.24) is 4.98 Å². The van der Waals surface area contributed by atoms with Crippen molar-refractivity contribution in [3.05, 3.63) is 42.0 Å². The Morgan fingerprint density at radius 3 is 3.10 bits per heavy atom. The number of nitrogens with zero attached hydrogens (tertiary/aromatic N) is 2. The van der Waals surface area contributed by atoms with Crippen LogP contribution in [-0.2, 0) is 4.79 Å². The fourth-order valence-electron chi connectivity index (χ4n) is 3.96. The summed E-state index contributed by atoms with van der Waals surface area (Å²) in [6.07, 6.45) is 1.87. The number of rotatable bonds is 4. The lowest BCUT2D eigenvalue weighted by Crippen LogP contribution is -2.43. The molecule has 1 atom stereocenters. The van der Waals surface area contributed by atoms with Crippen LogP contribution in [0.15, 0.2) is 36.4 Å². The van der Waals surface area contributed by atoms with Gasteiger partial charge in [0.1, 0.15) is 11.8 Å². The summed E-state index contributed by atoms with van der Waals surface area (Å²) in [6.45, 7) is 3.40. The summed E-state index contributed by atoms with van der Waals surface area (Å²) in [7, 11) is 0. The average molecular weight is 408 g/mol. The molecule has 2 N–H and O–H groups in total. The largest absolute Gasteiger partial charge is 0.494 e. The number of carbonyl (C=O) groups excluding carboxylic acids is 2. The van der Waals surface area contributed by atoms with Crippen LogP contribution in [0.5, 0.6) is 5.75 Å². The van der Waals surface area contributed by atoms with Gasteiger partial charge in [0.15, 0.2) is 5.13 Å². The minimum Gasteiger partial charge on any atom is -0.494 e. The standard InChI is InChI=1S/C21H20N4O3S/c1-2-28-13-6-7-14-18(11-13)29-21(23-14)24-19(26)12-5-8-16-15(10-12)22-20(27)17-4-3-9-25(16)17/h5-8,10-11,17H,2-4,9H2,1H3,(H,22,27)(H,23,24,26)/t17-/m0/s1. The lowest BCUT2D eigenvalue weighted by atomic mass is 10.1. The summed E-state index contributed by atoms with van der Waals surface area (Å²) >= 11 is 1.40. The zero-order valence-electron chi connectivity index (χ0n) is 15.9. The smallest absolute Gasteiger partial charge is 0.257 e. The Bertz CT molecular complexity index is 1130.